The number of hydrogen-bond donors (Lipinski definition) is 1. The van der Waals surface area contributed by atoms with E-state index in [1.165, 1.54) is 18.2 Å². The normalized spacial score (nSPS) is 18.3. The number of nitrogens with zero attached hydrogens (tertiary/aromatic N) is 1. The van der Waals surface area contributed by atoms with Gasteiger partial charge >= 0.3 is 6.18 Å². The zero-order valence-corrected chi connectivity index (χ0v) is 11.6. The van der Waals surface area contributed by atoms with Gasteiger partial charge in [-0.25, -0.2) is 0 Å². The predicted octanol–water partition coefficient (Wildman–Crippen LogP) is 2.36. The number of rotatable bonds is 3. The summed E-state index contributed by atoms with van der Waals surface area (Å²) in [5.74, 6) is -0.450. The van der Waals surface area contributed by atoms with Gasteiger partial charge in [0.15, 0.2) is 0 Å². The van der Waals surface area contributed by atoms with Crippen LogP contribution in [0.2, 0.25) is 0 Å². The van der Waals surface area contributed by atoms with Crippen molar-refractivity contribution in [2.75, 3.05) is 31.6 Å². The van der Waals surface area contributed by atoms with Crippen molar-refractivity contribution in [2.24, 2.45) is 0 Å². The fourth-order valence-electron chi connectivity index (χ4n) is 2.21. The Labute approximate surface area is 120 Å². The minimum Gasteiger partial charge on any atom is -0.379 e. The third-order valence-corrected chi connectivity index (χ3v) is 3.46. The molecule has 1 fully saturated rings. The molecule has 1 aromatic carbocycles. The molecule has 1 atom stereocenters. The summed E-state index contributed by atoms with van der Waals surface area (Å²) in [5, 5.41) is 2.37. The SMILES string of the molecule is C[C@@H](C(=O)Nc1ccccc1C(F)(F)F)N1CCOCC1. The van der Waals surface area contributed by atoms with Crippen LogP contribution < -0.4 is 5.32 Å². The molecule has 0 aromatic heterocycles. The minimum atomic E-state index is -4.49. The van der Waals surface area contributed by atoms with E-state index >= 15 is 0 Å². The molecule has 21 heavy (non-hydrogen) atoms. The number of anilines is 1. The van der Waals surface area contributed by atoms with Crippen LogP contribution in [-0.4, -0.2) is 43.2 Å². The lowest BCUT2D eigenvalue weighted by molar-refractivity contribution is -0.137. The molecule has 1 aliphatic rings. The maximum atomic E-state index is 12.9. The van der Waals surface area contributed by atoms with Crippen LogP contribution >= 0.6 is 0 Å². The molecule has 116 valence electrons. The number of para-hydroxylation sites is 1. The molecule has 0 aliphatic carbocycles. The third-order valence-electron chi connectivity index (χ3n) is 3.46. The van der Waals surface area contributed by atoms with E-state index in [0.29, 0.717) is 26.3 Å². The lowest BCUT2D eigenvalue weighted by Gasteiger charge is -2.31. The Morgan fingerprint density at radius 1 is 1.29 bits per heavy atom. The van der Waals surface area contributed by atoms with E-state index in [1.54, 1.807) is 6.92 Å². The molecule has 4 nitrogen and oxygen atoms in total. The second kappa shape index (κ2) is 6.44. The van der Waals surface area contributed by atoms with Gasteiger partial charge in [-0.3, -0.25) is 9.69 Å². The van der Waals surface area contributed by atoms with E-state index in [-0.39, 0.29) is 5.69 Å². The molecule has 1 heterocycles. The molecule has 1 aromatic rings. The van der Waals surface area contributed by atoms with Crippen molar-refractivity contribution in [1.29, 1.82) is 0 Å². The highest BCUT2D eigenvalue weighted by atomic mass is 19.4. The van der Waals surface area contributed by atoms with E-state index in [1.807, 2.05) is 4.90 Å². The number of morpholine rings is 1. The predicted molar refractivity (Wildman–Crippen MR) is 71.9 cm³/mol. The summed E-state index contributed by atoms with van der Waals surface area (Å²) in [5.41, 5.74) is -1.05. The van der Waals surface area contributed by atoms with Gasteiger partial charge in [-0.1, -0.05) is 12.1 Å². The van der Waals surface area contributed by atoms with Gasteiger partial charge in [-0.2, -0.15) is 13.2 Å². The summed E-state index contributed by atoms with van der Waals surface area (Å²) in [6.45, 7) is 3.91. The van der Waals surface area contributed by atoms with E-state index in [0.717, 1.165) is 6.07 Å². The van der Waals surface area contributed by atoms with Crippen LogP contribution in [0.4, 0.5) is 18.9 Å². The second-order valence-corrected chi connectivity index (χ2v) is 4.86. The highest BCUT2D eigenvalue weighted by molar-refractivity contribution is 5.95. The summed E-state index contributed by atoms with van der Waals surface area (Å²) < 4.78 is 43.8. The summed E-state index contributed by atoms with van der Waals surface area (Å²) in [7, 11) is 0. The number of amides is 1. The minimum absolute atomic E-state index is 0.213. The molecule has 0 spiro atoms. The highest BCUT2D eigenvalue weighted by Gasteiger charge is 2.34. The first-order chi connectivity index (χ1) is 9.89. The zero-order valence-electron chi connectivity index (χ0n) is 11.6. The van der Waals surface area contributed by atoms with Crippen LogP contribution in [0.5, 0.6) is 0 Å². The van der Waals surface area contributed by atoms with Crippen LogP contribution in [0.15, 0.2) is 24.3 Å². The van der Waals surface area contributed by atoms with Crippen LogP contribution in [0.3, 0.4) is 0 Å². The van der Waals surface area contributed by atoms with E-state index in [4.69, 9.17) is 4.74 Å². The Kier molecular flexibility index (Phi) is 4.84. The number of nitrogens with one attached hydrogen (secondary N) is 1. The standard InChI is InChI=1S/C14H17F3N2O2/c1-10(19-6-8-21-9-7-19)13(20)18-12-5-3-2-4-11(12)14(15,16)17/h2-5,10H,6-9H2,1H3,(H,18,20)/t10-/m0/s1. The molecule has 1 N–H and O–H groups in total. The molecule has 0 radical (unpaired) electrons. The van der Waals surface area contributed by atoms with Crippen molar-refractivity contribution in [2.45, 2.75) is 19.1 Å². The van der Waals surface area contributed by atoms with Gasteiger partial charge in [0.05, 0.1) is 30.5 Å². The summed E-state index contributed by atoms with van der Waals surface area (Å²) in [4.78, 5) is 14.0. The number of hydrogen-bond acceptors (Lipinski definition) is 3. The topological polar surface area (TPSA) is 41.6 Å². The van der Waals surface area contributed by atoms with Gasteiger partial charge in [-0.05, 0) is 19.1 Å². The van der Waals surface area contributed by atoms with Crippen molar-refractivity contribution in [3.05, 3.63) is 29.8 Å². The first-order valence-corrected chi connectivity index (χ1v) is 6.68. The smallest absolute Gasteiger partial charge is 0.379 e. The van der Waals surface area contributed by atoms with Crippen LogP contribution in [0.25, 0.3) is 0 Å². The molecule has 0 unspecified atom stereocenters. The average Bonchev–Trinajstić information content (AvgIpc) is 2.47. The molecule has 0 saturated carbocycles. The van der Waals surface area contributed by atoms with Gasteiger partial charge in [0.25, 0.3) is 0 Å². The van der Waals surface area contributed by atoms with Crippen molar-refractivity contribution < 1.29 is 22.7 Å². The van der Waals surface area contributed by atoms with Gasteiger partial charge < -0.3 is 10.1 Å². The summed E-state index contributed by atoms with van der Waals surface area (Å²) in [6.07, 6.45) is -4.49. The Bertz CT molecular complexity index is 499. The maximum absolute atomic E-state index is 12.9. The molecule has 1 aliphatic heterocycles. The van der Waals surface area contributed by atoms with Crippen LogP contribution in [-0.2, 0) is 15.7 Å². The molecular formula is C14H17F3N2O2. The van der Waals surface area contributed by atoms with Crippen molar-refractivity contribution in [1.82, 2.24) is 4.90 Å². The van der Waals surface area contributed by atoms with Gasteiger partial charge in [0.2, 0.25) is 5.91 Å². The van der Waals surface area contributed by atoms with E-state index in [9.17, 15) is 18.0 Å². The third kappa shape index (κ3) is 3.95. The highest BCUT2D eigenvalue weighted by Crippen LogP contribution is 2.34. The Balaban J connectivity index is 2.09. The first kappa shape index (κ1) is 15.8. The quantitative estimate of drug-likeness (QED) is 0.932. The number of halogens is 3. The molecule has 0 bridgehead atoms. The molecule has 1 amide bonds. The summed E-state index contributed by atoms with van der Waals surface area (Å²) in [6, 6.07) is 4.46. The lowest BCUT2D eigenvalue weighted by Crippen LogP contribution is -2.47. The van der Waals surface area contributed by atoms with Crippen molar-refractivity contribution in [3.63, 3.8) is 0 Å². The number of alkyl halides is 3. The number of benzene rings is 1. The molecule has 7 heteroatoms. The second-order valence-electron chi connectivity index (χ2n) is 4.86. The van der Waals surface area contributed by atoms with Crippen molar-refractivity contribution in [3.8, 4) is 0 Å². The molecular weight excluding hydrogens is 285 g/mol. The molecule has 2 rings (SSSR count). The molecule has 1 saturated heterocycles. The summed E-state index contributed by atoms with van der Waals surface area (Å²) >= 11 is 0. The van der Waals surface area contributed by atoms with Crippen molar-refractivity contribution >= 4 is 11.6 Å². The maximum Gasteiger partial charge on any atom is 0.418 e. The average molecular weight is 302 g/mol. The van der Waals surface area contributed by atoms with E-state index < -0.39 is 23.7 Å². The largest absolute Gasteiger partial charge is 0.418 e. The fraction of sp³-hybridized carbons (Fsp3) is 0.500. The monoisotopic (exact) mass is 302 g/mol. The number of ether oxygens (including phenoxy) is 1. The van der Waals surface area contributed by atoms with E-state index in [2.05, 4.69) is 5.32 Å². The number of carbonyl (C=O) groups is 1. The number of carbonyl (C=O) groups excluding carboxylic acids is 1. The zero-order chi connectivity index (χ0) is 15.5. The van der Waals surface area contributed by atoms with Gasteiger partial charge in [0.1, 0.15) is 0 Å². The lowest BCUT2D eigenvalue weighted by atomic mass is 10.1. The Hall–Kier alpha value is -1.60. The van der Waals surface area contributed by atoms with Gasteiger partial charge in [-0.15, -0.1) is 0 Å². The first-order valence-electron chi connectivity index (χ1n) is 6.68. The van der Waals surface area contributed by atoms with Gasteiger partial charge in [0, 0.05) is 13.1 Å². The van der Waals surface area contributed by atoms with Crippen LogP contribution in [0, 0.1) is 0 Å². The Morgan fingerprint density at radius 2 is 1.90 bits per heavy atom. The Morgan fingerprint density at radius 3 is 2.52 bits per heavy atom. The van der Waals surface area contributed by atoms with Crippen LogP contribution in [0.1, 0.15) is 12.5 Å². The fourth-order valence-corrected chi connectivity index (χ4v) is 2.21.